The van der Waals surface area contributed by atoms with E-state index in [0.29, 0.717) is 10.3 Å². The number of carbonyl (C=O) groups excluding carboxylic acids is 3. The molecule has 0 unspecified atom stereocenters. The first kappa shape index (κ1) is 25.9. The number of piperazine rings is 1. The summed E-state index contributed by atoms with van der Waals surface area (Å²) in [7, 11) is 1.69. The van der Waals surface area contributed by atoms with Gasteiger partial charge in [0.15, 0.2) is 5.82 Å². The smallest absolute Gasteiger partial charge is 0.408 e. The van der Waals surface area contributed by atoms with Gasteiger partial charge in [0.2, 0.25) is 5.91 Å². The molecule has 0 aliphatic carbocycles. The van der Waals surface area contributed by atoms with E-state index in [9.17, 15) is 29.4 Å². The lowest BCUT2D eigenvalue weighted by Crippen LogP contribution is -2.55. The second-order valence-electron chi connectivity index (χ2n) is 8.57. The number of likely N-dealkylation sites (tertiary alicyclic amines) is 1. The van der Waals surface area contributed by atoms with Crippen LogP contribution in [-0.4, -0.2) is 103 Å². The van der Waals surface area contributed by atoms with Gasteiger partial charge in [-0.25, -0.2) is 9.78 Å². The molecule has 3 N–H and O–H groups in total. The lowest BCUT2D eigenvalue weighted by molar-refractivity contribution is -0.137. The van der Waals surface area contributed by atoms with E-state index in [1.165, 1.54) is 23.2 Å². The van der Waals surface area contributed by atoms with Crippen LogP contribution in [0.5, 0.6) is 0 Å². The van der Waals surface area contributed by atoms with Crippen molar-refractivity contribution >= 4 is 57.0 Å². The molecule has 14 heteroatoms. The highest BCUT2D eigenvalue weighted by Gasteiger charge is 2.41. The third-order valence-electron chi connectivity index (χ3n) is 6.28. The van der Waals surface area contributed by atoms with Crippen LogP contribution in [0.25, 0.3) is 0 Å². The first-order valence-corrected chi connectivity index (χ1v) is 12.3. The number of nitrogens with zero attached hydrogens (tertiary/aromatic N) is 5. The predicted molar refractivity (Wildman–Crippen MR) is 132 cm³/mol. The Bertz CT molecular complexity index is 1210. The molecule has 2 aliphatic heterocycles. The van der Waals surface area contributed by atoms with Crippen molar-refractivity contribution in [3.63, 3.8) is 0 Å². The maximum atomic E-state index is 13.1. The minimum atomic E-state index is -1.25. The summed E-state index contributed by atoms with van der Waals surface area (Å²) in [4.78, 5) is 57.8. The van der Waals surface area contributed by atoms with Gasteiger partial charge in [-0.1, -0.05) is 11.6 Å². The molecule has 4 amide bonds. The van der Waals surface area contributed by atoms with E-state index in [1.807, 2.05) is 0 Å². The van der Waals surface area contributed by atoms with Crippen molar-refractivity contribution in [3.05, 3.63) is 45.4 Å². The SMILES string of the molecule is Cn1c(Br)cnc1C(=O)Nc1ccc(C(=O)N2CCN(C(=O)[C@@H]3C[C@@H](O)CN3C(=O)O)CC2)c(Cl)c1. The Balaban J connectivity index is 1.36. The quantitative estimate of drug-likeness (QED) is 0.494. The lowest BCUT2D eigenvalue weighted by Gasteiger charge is -2.37. The zero-order valence-electron chi connectivity index (χ0n) is 19.2. The van der Waals surface area contributed by atoms with E-state index >= 15 is 0 Å². The Morgan fingerprint density at radius 2 is 1.81 bits per heavy atom. The third kappa shape index (κ3) is 5.18. The maximum absolute atomic E-state index is 13.1. The predicted octanol–water partition coefficient (Wildman–Crippen LogP) is 1.49. The van der Waals surface area contributed by atoms with Gasteiger partial charge in [-0.3, -0.25) is 19.3 Å². The number of hydrogen-bond donors (Lipinski definition) is 3. The number of benzene rings is 1. The summed E-state index contributed by atoms with van der Waals surface area (Å²) in [5.74, 6) is -0.931. The van der Waals surface area contributed by atoms with Gasteiger partial charge in [0.1, 0.15) is 10.6 Å². The molecule has 2 saturated heterocycles. The van der Waals surface area contributed by atoms with E-state index in [0.717, 1.165) is 4.90 Å². The van der Waals surface area contributed by atoms with Gasteiger partial charge in [-0.2, -0.15) is 0 Å². The van der Waals surface area contributed by atoms with Gasteiger partial charge < -0.3 is 29.9 Å². The van der Waals surface area contributed by atoms with Crippen molar-refractivity contribution in [2.45, 2.75) is 18.6 Å². The summed E-state index contributed by atoms with van der Waals surface area (Å²) < 4.78 is 2.22. The highest BCUT2D eigenvalue weighted by atomic mass is 79.9. The molecular formula is C22H24BrClN6O6. The molecule has 0 bridgehead atoms. The number of β-amino-alcohol motifs (C(OH)–C–C–N with tert-alkyl or cyclic N) is 1. The Labute approximate surface area is 219 Å². The topological polar surface area (TPSA) is 148 Å². The number of nitrogens with one attached hydrogen (secondary N) is 1. The van der Waals surface area contributed by atoms with Gasteiger partial charge in [-0.05, 0) is 34.1 Å². The summed E-state index contributed by atoms with van der Waals surface area (Å²) in [6, 6.07) is 3.65. The van der Waals surface area contributed by atoms with Gasteiger partial charge in [0.05, 0.1) is 29.4 Å². The van der Waals surface area contributed by atoms with Crippen LogP contribution in [0.2, 0.25) is 5.02 Å². The van der Waals surface area contributed by atoms with Gasteiger partial charge in [-0.15, -0.1) is 0 Å². The summed E-state index contributed by atoms with van der Waals surface area (Å²) in [5.41, 5.74) is 0.656. The van der Waals surface area contributed by atoms with E-state index in [1.54, 1.807) is 22.6 Å². The summed E-state index contributed by atoms with van der Waals surface area (Å²) >= 11 is 9.64. The lowest BCUT2D eigenvalue weighted by atomic mass is 10.1. The van der Waals surface area contributed by atoms with Crippen LogP contribution in [0.15, 0.2) is 29.0 Å². The number of halogens is 2. The average Bonchev–Trinajstić information content (AvgIpc) is 3.40. The molecule has 0 saturated carbocycles. The molecule has 2 aliphatic rings. The molecule has 36 heavy (non-hydrogen) atoms. The van der Waals surface area contributed by atoms with E-state index in [-0.39, 0.29) is 67.4 Å². The number of carbonyl (C=O) groups is 4. The number of aromatic nitrogens is 2. The third-order valence-corrected chi connectivity index (χ3v) is 7.33. The van der Waals surface area contributed by atoms with E-state index < -0.39 is 24.1 Å². The minimum Gasteiger partial charge on any atom is -0.465 e. The first-order valence-electron chi connectivity index (χ1n) is 11.1. The minimum absolute atomic E-state index is 0.0557. The van der Waals surface area contributed by atoms with Crippen molar-refractivity contribution in [1.29, 1.82) is 0 Å². The van der Waals surface area contributed by atoms with Crippen molar-refractivity contribution in [2.75, 3.05) is 38.0 Å². The zero-order chi connectivity index (χ0) is 26.1. The monoisotopic (exact) mass is 582 g/mol. The number of carboxylic acid groups (broad SMARTS) is 1. The molecular weight excluding hydrogens is 560 g/mol. The van der Waals surface area contributed by atoms with Crippen LogP contribution in [0, 0.1) is 0 Å². The number of amides is 4. The van der Waals surface area contributed by atoms with Crippen molar-refractivity contribution in [3.8, 4) is 0 Å². The number of rotatable bonds is 4. The van der Waals surface area contributed by atoms with E-state index in [2.05, 4.69) is 26.2 Å². The molecule has 2 fully saturated rings. The van der Waals surface area contributed by atoms with Gasteiger partial charge in [0, 0.05) is 45.3 Å². The van der Waals surface area contributed by atoms with Gasteiger partial charge >= 0.3 is 6.09 Å². The highest BCUT2D eigenvalue weighted by Crippen LogP contribution is 2.25. The number of aliphatic hydroxyl groups excluding tert-OH is 1. The molecule has 2 aromatic rings. The van der Waals surface area contributed by atoms with Crippen molar-refractivity contribution in [2.24, 2.45) is 7.05 Å². The number of aliphatic hydroxyl groups is 1. The summed E-state index contributed by atoms with van der Waals surface area (Å²) in [5, 5.41) is 22.0. The largest absolute Gasteiger partial charge is 0.465 e. The fraction of sp³-hybridized carbons (Fsp3) is 0.409. The maximum Gasteiger partial charge on any atom is 0.408 e. The van der Waals surface area contributed by atoms with Gasteiger partial charge in [0.25, 0.3) is 11.8 Å². The molecule has 1 aromatic heterocycles. The van der Waals surface area contributed by atoms with Crippen LogP contribution in [0.3, 0.4) is 0 Å². The Kier molecular flexibility index (Phi) is 7.52. The standard InChI is InChI=1S/C22H24BrClN6O6/c1-27-17(23)10-25-18(27)19(32)26-12-2-3-14(15(24)8-12)20(33)28-4-6-29(7-5-28)21(34)16-9-13(31)11-30(16)22(35)36/h2-3,8,10,13,16,31H,4-7,9,11H2,1H3,(H,26,32)(H,35,36)/t13-,16+/m1/s1. The van der Waals surface area contributed by atoms with Crippen LogP contribution >= 0.6 is 27.5 Å². The van der Waals surface area contributed by atoms with Crippen LogP contribution < -0.4 is 5.32 Å². The second-order valence-corrected chi connectivity index (χ2v) is 9.79. The molecule has 1 aromatic carbocycles. The molecule has 4 rings (SSSR count). The Hall–Kier alpha value is -3.16. The first-order chi connectivity index (χ1) is 17.1. The fourth-order valence-corrected chi connectivity index (χ4v) is 4.86. The second kappa shape index (κ2) is 10.4. The number of imidazole rings is 1. The average molecular weight is 584 g/mol. The summed E-state index contributed by atoms with van der Waals surface area (Å²) in [6.07, 6.45) is -0.560. The Morgan fingerprint density at radius 3 is 2.39 bits per heavy atom. The van der Waals surface area contributed by atoms with Crippen LogP contribution in [0.1, 0.15) is 27.4 Å². The molecule has 0 radical (unpaired) electrons. The molecule has 12 nitrogen and oxygen atoms in total. The normalized spacial score (nSPS) is 19.9. The molecule has 2 atom stereocenters. The molecule has 0 spiro atoms. The molecule has 192 valence electrons. The summed E-state index contributed by atoms with van der Waals surface area (Å²) in [6.45, 7) is 0.856. The van der Waals surface area contributed by atoms with Crippen molar-refractivity contribution < 1.29 is 29.4 Å². The van der Waals surface area contributed by atoms with Crippen LogP contribution in [-0.2, 0) is 11.8 Å². The Morgan fingerprint density at radius 1 is 1.14 bits per heavy atom. The zero-order valence-corrected chi connectivity index (χ0v) is 21.6. The number of anilines is 1. The highest BCUT2D eigenvalue weighted by molar-refractivity contribution is 9.10. The number of hydrogen-bond acceptors (Lipinski definition) is 6. The molecule has 3 heterocycles. The van der Waals surface area contributed by atoms with Crippen LogP contribution in [0.4, 0.5) is 10.5 Å². The van der Waals surface area contributed by atoms with Crippen molar-refractivity contribution in [1.82, 2.24) is 24.3 Å². The fourth-order valence-electron chi connectivity index (χ4n) is 4.32. The van der Waals surface area contributed by atoms with E-state index in [4.69, 9.17) is 11.6 Å².